The molecule has 3 rings (SSSR count). The number of nitrogens with zero attached hydrogens (tertiary/aromatic N) is 3. The van der Waals surface area contributed by atoms with E-state index in [0.717, 1.165) is 23.1 Å². The smallest absolute Gasteiger partial charge is 0.155 e. The summed E-state index contributed by atoms with van der Waals surface area (Å²) in [6.07, 6.45) is 2.72. The molecule has 0 amide bonds. The summed E-state index contributed by atoms with van der Waals surface area (Å²) in [6.45, 7) is 6.87. The van der Waals surface area contributed by atoms with Gasteiger partial charge >= 0.3 is 0 Å². The number of anilines is 1. The van der Waals surface area contributed by atoms with Crippen LogP contribution in [0.3, 0.4) is 0 Å². The fourth-order valence-electron chi connectivity index (χ4n) is 3.54. The Balaban J connectivity index is 1.76. The molecule has 0 fully saturated rings. The lowest BCUT2D eigenvalue weighted by Crippen LogP contribution is -2.19. The lowest BCUT2D eigenvalue weighted by Gasteiger charge is -2.27. The SMILES string of the molecule is CCOc1c(Cl)cc(C(C)(C)c2ccc(NCc3ccnc(CS(C)(=O)=O)n3)cc2)cc1C#N. The van der Waals surface area contributed by atoms with Crippen molar-refractivity contribution in [3.63, 3.8) is 0 Å². The van der Waals surface area contributed by atoms with Crippen LogP contribution < -0.4 is 10.1 Å². The standard InChI is InChI=1S/C25H27ClN4O3S/c1-5-33-24-17(14-27)12-19(13-22(24)26)25(2,3)18-6-8-20(9-7-18)29-15-21-10-11-28-23(30-21)16-34(4,31)32/h6-13,29H,5,15-16H2,1-4H3. The molecule has 0 saturated carbocycles. The second-order valence-corrected chi connectivity index (χ2v) is 11.0. The molecule has 178 valence electrons. The van der Waals surface area contributed by atoms with Crippen LogP contribution in [0.4, 0.5) is 5.69 Å². The van der Waals surface area contributed by atoms with Gasteiger partial charge < -0.3 is 10.1 Å². The van der Waals surface area contributed by atoms with Crippen molar-refractivity contribution in [2.75, 3.05) is 18.2 Å². The van der Waals surface area contributed by atoms with Gasteiger partial charge in [-0.1, -0.05) is 37.6 Å². The molecule has 0 unspecified atom stereocenters. The number of hydrogen-bond acceptors (Lipinski definition) is 7. The highest BCUT2D eigenvalue weighted by Gasteiger charge is 2.26. The zero-order valence-electron chi connectivity index (χ0n) is 19.6. The van der Waals surface area contributed by atoms with Crippen LogP contribution in [0.5, 0.6) is 5.75 Å². The van der Waals surface area contributed by atoms with Crippen LogP contribution in [0.1, 0.15) is 49.0 Å². The van der Waals surface area contributed by atoms with Gasteiger partial charge in [-0.15, -0.1) is 0 Å². The summed E-state index contributed by atoms with van der Waals surface area (Å²) < 4.78 is 28.5. The van der Waals surface area contributed by atoms with Gasteiger partial charge in [0, 0.05) is 23.6 Å². The Bertz CT molecular complexity index is 1320. The molecular formula is C25H27ClN4O3S. The van der Waals surface area contributed by atoms with Gasteiger partial charge in [-0.2, -0.15) is 5.26 Å². The Morgan fingerprint density at radius 2 is 1.85 bits per heavy atom. The Hall–Kier alpha value is -3.15. The summed E-state index contributed by atoms with van der Waals surface area (Å²) in [6, 6.07) is 15.6. The third-order valence-electron chi connectivity index (χ3n) is 5.41. The Labute approximate surface area is 205 Å². The monoisotopic (exact) mass is 498 g/mol. The van der Waals surface area contributed by atoms with Crippen LogP contribution in [0.25, 0.3) is 0 Å². The van der Waals surface area contributed by atoms with Crippen molar-refractivity contribution in [1.29, 1.82) is 5.26 Å². The van der Waals surface area contributed by atoms with E-state index in [4.69, 9.17) is 16.3 Å². The molecule has 0 atom stereocenters. The molecule has 0 aliphatic rings. The van der Waals surface area contributed by atoms with Crippen molar-refractivity contribution in [1.82, 2.24) is 9.97 Å². The molecule has 0 aliphatic heterocycles. The maximum Gasteiger partial charge on any atom is 0.155 e. The zero-order chi connectivity index (χ0) is 24.9. The summed E-state index contributed by atoms with van der Waals surface area (Å²) in [5.74, 6) is 0.507. The highest BCUT2D eigenvalue weighted by molar-refractivity contribution is 7.89. The van der Waals surface area contributed by atoms with Gasteiger partial charge in [0.2, 0.25) is 0 Å². The van der Waals surface area contributed by atoms with Crippen LogP contribution in [0.15, 0.2) is 48.7 Å². The highest BCUT2D eigenvalue weighted by atomic mass is 35.5. The molecular weight excluding hydrogens is 472 g/mol. The van der Waals surface area contributed by atoms with Gasteiger partial charge in [-0.3, -0.25) is 0 Å². The van der Waals surface area contributed by atoms with Gasteiger partial charge in [0.1, 0.15) is 17.6 Å². The number of rotatable bonds is 9. The van der Waals surface area contributed by atoms with Crippen LogP contribution in [-0.2, 0) is 27.5 Å². The average molecular weight is 499 g/mol. The molecule has 0 spiro atoms. The average Bonchev–Trinajstić information content (AvgIpc) is 2.78. The van der Waals surface area contributed by atoms with Crippen molar-refractivity contribution in [3.8, 4) is 11.8 Å². The summed E-state index contributed by atoms with van der Waals surface area (Å²) in [4.78, 5) is 8.34. The second kappa shape index (κ2) is 10.4. The molecule has 1 aromatic heterocycles. The molecule has 7 nitrogen and oxygen atoms in total. The first-order valence-electron chi connectivity index (χ1n) is 10.7. The minimum Gasteiger partial charge on any atom is -0.491 e. The van der Waals surface area contributed by atoms with E-state index in [1.54, 1.807) is 12.3 Å². The van der Waals surface area contributed by atoms with Crippen molar-refractivity contribution in [3.05, 3.63) is 81.9 Å². The lowest BCUT2D eigenvalue weighted by molar-refractivity contribution is 0.339. The summed E-state index contributed by atoms with van der Waals surface area (Å²) in [5.41, 5.74) is 3.58. The maximum absolute atomic E-state index is 11.5. The lowest BCUT2D eigenvalue weighted by atomic mass is 9.77. The number of aromatic nitrogens is 2. The number of nitrogens with one attached hydrogen (secondary N) is 1. The van der Waals surface area contributed by atoms with E-state index in [2.05, 4.69) is 35.2 Å². The minimum absolute atomic E-state index is 0.187. The number of ether oxygens (including phenoxy) is 1. The van der Waals surface area contributed by atoms with Gasteiger partial charge in [0.25, 0.3) is 0 Å². The molecule has 0 aliphatic carbocycles. The third-order valence-corrected chi connectivity index (χ3v) is 6.47. The van der Waals surface area contributed by atoms with E-state index >= 15 is 0 Å². The zero-order valence-corrected chi connectivity index (χ0v) is 21.2. The van der Waals surface area contributed by atoms with Crippen LogP contribution in [-0.4, -0.2) is 31.2 Å². The highest BCUT2D eigenvalue weighted by Crippen LogP contribution is 2.38. The number of sulfone groups is 1. The van der Waals surface area contributed by atoms with E-state index in [9.17, 15) is 13.7 Å². The topological polar surface area (TPSA) is 105 Å². The van der Waals surface area contributed by atoms with Crippen LogP contribution >= 0.6 is 11.6 Å². The number of benzene rings is 2. The molecule has 9 heteroatoms. The Morgan fingerprint density at radius 1 is 1.15 bits per heavy atom. The molecule has 1 heterocycles. The molecule has 0 radical (unpaired) electrons. The summed E-state index contributed by atoms with van der Waals surface area (Å²) in [5, 5.41) is 13.3. The number of halogens is 1. The third kappa shape index (κ3) is 6.25. The Kier molecular flexibility index (Phi) is 7.80. The van der Waals surface area contributed by atoms with Crippen LogP contribution in [0.2, 0.25) is 5.02 Å². The van der Waals surface area contributed by atoms with Gasteiger partial charge in [-0.25, -0.2) is 18.4 Å². The fraction of sp³-hybridized carbons (Fsp3) is 0.320. The minimum atomic E-state index is -3.19. The van der Waals surface area contributed by atoms with E-state index < -0.39 is 15.3 Å². The van der Waals surface area contributed by atoms with E-state index in [0.29, 0.717) is 35.2 Å². The first-order valence-corrected chi connectivity index (χ1v) is 13.2. The Morgan fingerprint density at radius 3 is 2.47 bits per heavy atom. The molecule has 3 aromatic rings. The van der Waals surface area contributed by atoms with E-state index in [1.165, 1.54) is 0 Å². The van der Waals surface area contributed by atoms with Gasteiger partial charge in [0.15, 0.2) is 15.6 Å². The van der Waals surface area contributed by atoms with Gasteiger partial charge in [-0.05, 0) is 48.4 Å². The predicted molar refractivity (Wildman–Crippen MR) is 134 cm³/mol. The predicted octanol–water partition coefficient (Wildman–Crippen LogP) is 4.88. The molecule has 0 saturated heterocycles. The second-order valence-electron chi connectivity index (χ2n) is 8.47. The van der Waals surface area contributed by atoms with Crippen molar-refractivity contribution < 1.29 is 13.2 Å². The van der Waals surface area contributed by atoms with Crippen molar-refractivity contribution >= 4 is 27.1 Å². The molecule has 34 heavy (non-hydrogen) atoms. The fourth-order valence-corrected chi connectivity index (χ4v) is 4.42. The molecule has 1 N–H and O–H groups in total. The quantitative estimate of drug-likeness (QED) is 0.448. The maximum atomic E-state index is 11.5. The largest absolute Gasteiger partial charge is 0.491 e. The van der Waals surface area contributed by atoms with E-state index in [1.807, 2.05) is 43.3 Å². The number of hydrogen-bond donors (Lipinski definition) is 1. The normalized spacial score (nSPS) is 11.6. The first kappa shape index (κ1) is 25.5. The van der Waals surface area contributed by atoms with Crippen molar-refractivity contribution in [2.24, 2.45) is 0 Å². The number of nitriles is 1. The van der Waals surface area contributed by atoms with E-state index in [-0.39, 0.29) is 11.6 Å². The summed E-state index contributed by atoms with van der Waals surface area (Å²) in [7, 11) is -3.19. The van der Waals surface area contributed by atoms with Crippen LogP contribution in [0, 0.1) is 11.3 Å². The van der Waals surface area contributed by atoms with Gasteiger partial charge in [0.05, 0.1) is 29.4 Å². The first-order chi connectivity index (χ1) is 16.0. The molecule has 0 bridgehead atoms. The molecule has 2 aromatic carbocycles. The summed E-state index contributed by atoms with van der Waals surface area (Å²) >= 11 is 6.43. The van der Waals surface area contributed by atoms with Crippen molar-refractivity contribution in [2.45, 2.75) is 38.5 Å².